The minimum Gasteiger partial charge on any atom is -0.460 e. The van der Waals surface area contributed by atoms with Crippen molar-refractivity contribution in [3.63, 3.8) is 0 Å². The first-order valence-corrected chi connectivity index (χ1v) is 29.3. The number of fused-ring (bicyclic) bond motifs is 3. The van der Waals surface area contributed by atoms with Crippen LogP contribution in [-0.4, -0.2) is 178 Å². The molecule has 0 aromatic heterocycles. The predicted octanol–water partition coefficient (Wildman–Crippen LogP) is 5.63. The highest BCUT2D eigenvalue weighted by atomic mass is 32.2. The molecule has 19 heteroatoms. The number of ketones is 3. The van der Waals surface area contributed by atoms with Crippen LogP contribution in [0, 0.1) is 35.5 Å². The molecule has 2 saturated heterocycles. The molecule has 15 atom stereocenters. The third-order valence-corrected chi connectivity index (χ3v) is 17.5. The van der Waals surface area contributed by atoms with E-state index in [4.69, 9.17) is 33.2 Å². The lowest BCUT2D eigenvalue weighted by atomic mass is 9.78. The van der Waals surface area contributed by atoms with E-state index in [0.29, 0.717) is 62.5 Å². The van der Waals surface area contributed by atoms with Crippen LogP contribution in [0.15, 0.2) is 47.6 Å². The number of amides is 1. The highest BCUT2D eigenvalue weighted by Crippen LogP contribution is 2.38. The van der Waals surface area contributed by atoms with Crippen molar-refractivity contribution in [2.24, 2.45) is 35.5 Å². The van der Waals surface area contributed by atoms with Gasteiger partial charge in [-0.05, 0) is 107 Å². The van der Waals surface area contributed by atoms with Crippen LogP contribution in [0.2, 0.25) is 0 Å². The van der Waals surface area contributed by atoms with Crippen molar-refractivity contribution < 1.29 is 80.9 Å². The number of piperidine rings is 1. The number of cyclic esters (lactones) is 1. The maximum Gasteiger partial charge on any atom is 0.329 e. The van der Waals surface area contributed by atoms with E-state index >= 15 is 0 Å². The van der Waals surface area contributed by atoms with Crippen LogP contribution < -0.4 is 0 Å². The van der Waals surface area contributed by atoms with Crippen molar-refractivity contribution in [3.8, 4) is 0 Å². The van der Waals surface area contributed by atoms with Crippen LogP contribution in [-0.2, 0) is 67.0 Å². The minimum atomic E-state index is -3.51. The fraction of sp³-hybridized carbons (Fsp3) is 0.772. The number of hydrogen-bond acceptors (Lipinski definition) is 17. The Hall–Kier alpha value is -3.50. The lowest BCUT2D eigenvalue weighted by Gasteiger charge is -2.43. The third kappa shape index (κ3) is 18.8. The van der Waals surface area contributed by atoms with Crippen LogP contribution in [0.3, 0.4) is 0 Å². The smallest absolute Gasteiger partial charge is 0.329 e. The number of esters is 1. The molecule has 0 aromatic rings. The lowest BCUT2D eigenvalue weighted by Crippen LogP contribution is -2.61. The molecular formula is C57H91NO17S. The predicted molar refractivity (Wildman–Crippen MR) is 285 cm³/mol. The van der Waals surface area contributed by atoms with Gasteiger partial charge in [0.2, 0.25) is 5.79 Å². The number of sulfone groups is 1. The van der Waals surface area contributed by atoms with E-state index in [1.165, 1.54) is 14.2 Å². The number of aliphatic hydroxyl groups is 3. The zero-order chi connectivity index (χ0) is 56.3. The number of carbonyl (C=O) groups excluding carboxylic acids is 5. The van der Waals surface area contributed by atoms with E-state index in [0.717, 1.165) is 11.3 Å². The maximum atomic E-state index is 14.6. The zero-order valence-electron chi connectivity index (χ0n) is 46.9. The molecule has 1 saturated carbocycles. The molecule has 3 heterocycles. The Bertz CT molecular complexity index is 2140. The third-order valence-electron chi connectivity index (χ3n) is 15.9. The minimum absolute atomic E-state index is 0.0272. The summed E-state index contributed by atoms with van der Waals surface area (Å²) in [5.74, 6) is -9.15. The normalized spacial score (nSPS) is 35.4. The van der Waals surface area contributed by atoms with Gasteiger partial charge in [-0.15, -0.1) is 0 Å². The summed E-state index contributed by atoms with van der Waals surface area (Å²) in [7, 11) is 0.879. The molecule has 1 aliphatic carbocycles. The SMILES string of the molecule is COCCS(=O)(=O)CCO[C@@H]1C[C@@H]2CC[C@@H](C)[C@@](O)(O2)C(=O)C(=O)N2CCCC[C@H]2C(=O)O[C@H]([C@H](C)C[C@@H]2CC[C@@H](OCCO)[C@H](OC)C2)CC(=O)[C@H](C)/C=C(\C)[C@@H](O)[C@@H](OC)C(=O)[C@H](C)C[C@H](C)/C=C/C=CC=C1C. The Morgan fingerprint density at radius 2 is 1.55 bits per heavy atom. The Labute approximate surface area is 452 Å². The molecule has 76 heavy (non-hydrogen) atoms. The molecule has 4 aliphatic rings. The van der Waals surface area contributed by atoms with Gasteiger partial charge < -0.3 is 53.4 Å². The summed E-state index contributed by atoms with van der Waals surface area (Å²) in [6, 6.07) is -1.21. The van der Waals surface area contributed by atoms with Gasteiger partial charge in [-0.1, -0.05) is 71.1 Å². The fourth-order valence-corrected chi connectivity index (χ4v) is 12.0. The van der Waals surface area contributed by atoms with Crippen molar-refractivity contribution in [2.75, 3.05) is 65.8 Å². The number of carbonyl (C=O) groups is 5. The Kier molecular flexibility index (Phi) is 26.8. The average molecular weight is 1090 g/mol. The number of methoxy groups -OCH3 is 3. The molecule has 3 fully saturated rings. The van der Waals surface area contributed by atoms with E-state index in [2.05, 4.69) is 0 Å². The molecule has 18 nitrogen and oxygen atoms in total. The summed E-state index contributed by atoms with van der Waals surface area (Å²) in [6.07, 6.45) is 10.1. The number of nitrogens with zero attached hydrogens (tertiary/aromatic N) is 1. The van der Waals surface area contributed by atoms with E-state index < -0.39 is 87.6 Å². The standard InChI is InChI=1S/C57H91NO17S/c1-36-16-12-11-13-17-37(2)48(73-27-29-76(67,68)28-26-69-8)34-44-21-19-42(7)57(66,75-44)54(63)55(64)58-23-15-14-18-45(58)56(65)74-49(39(4)32-43-20-22-47(72-25-24-59)50(33-43)70-9)35-46(60)38(3)31-41(6)52(62)53(71-10)51(61)40(5)30-36/h11-13,16-17,31,36,38-40,42-45,47-50,52-53,59,62,66H,14-15,18-30,32-35H2,1-10H3/b13-11?,16-12+,37-17?,41-31+/t36-,38-,39-,40-,42-,43+,44+,45+,47-,48-,49+,50-,52-,53+,57-/m1/s1. The molecule has 432 valence electrons. The molecular weight excluding hydrogens is 1000 g/mol. The highest BCUT2D eigenvalue weighted by Gasteiger charge is 2.53. The van der Waals surface area contributed by atoms with Crippen molar-refractivity contribution in [2.45, 2.75) is 180 Å². The Morgan fingerprint density at radius 3 is 2.24 bits per heavy atom. The van der Waals surface area contributed by atoms with Gasteiger partial charge in [0.1, 0.15) is 30.1 Å². The van der Waals surface area contributed by atoms with Gasteiger partial charge >= 0.3 is 5.97 Å². The highest BCUT2D eigenvalue weighted by molar-refractivity contribution is 7.91. The van der Waals surface area contributed by atoms with Gasteiger partial charge in [-0.2, -0.15) is 0 Å². The number of Topliss-reactive ketones (excluding diaryl/α,β-unsaturated/α-hetero) is 3. The summed E-state index contributed by atoms with van der Waals surface area (Å²) < 4.78 is 66.5. The monoisotopic (exact) mass is 1090 g/mol. The van der Waals surface area contributed by atoms with Crippen molar-refractivity contribution >= 4 is 39.1 Å². The van der Waals surface area contributed by atoms with Crippen LogP contribution in [0.4, 0.5) is 0 Å². The summed E-state index contributed by atoms with van der Waals surface area (Å²) in [5.41, 5.74) is 1.06. The van der Waals surface area contributed by atoms with Gasteiger partial charge in [0.05, 0.1) is 62.3 Å². The van der Waals surface area contributed by atoms with Crippen molar-refractivity contribution in [3.05, 3.63) is 47.6 Å². The number of rotatable bonds is 15. The molecule has 0 unspecified atom stereocenters. The average Bonchev–Trinajstić information content (AvgIpc) is 3.39. The molecule has 3 aliphatic heterocycles. The first kappa shape index (κ1) is 65.0. The van der Waals surface area contributed by atoms with Crippen molar-refractivity contribution in [1.29, 1.82) is 0 Å². The summed E-state index contributed by atoms with van der Waals surface area (Å²) in [4.78, 5) is 72.8. The van der Waals surface area contributed by atoms with Gasteiger partial charge in [-0.3, -0.25) is 19.2 Å². The molecule has 4 rings (SSSR count). The van der Waals surface area contributed by atoms with Gasteiger partial charge in [0, 0.05) is 58.5 Å². The van der Waals surface area contributed by atoms with Crippen LogP contribution in [0.25, 0.3) is 0 Å². The molecule has 0 radical (unpaired) electrons. The van der Waals surface area contributed by atoms with Gasteiger partial charge in [0.25, 0.3) is 11.7 Å². The molecule has 1 amide bonds. The van der Waals surface area contributed by atoms with Gasteiger partial charge in [-0.25, -0.2) is 13.2 Å². The van der Waals surface area contributed by atoms with Gasteiger partial charge in [0.15, 0.2) is 15.6 Å². The number of aliphatic hydroxyl groups excluding tert-OH is 2. The zero-order valence-corrected chi connectivity index (χ0v) is 47.7. The summed E-state index contributed by atoms with van der Waals surface area (Å²) in [6.45, 7) is 12.4. The molecule has 2 bridgehead atoms. The fourth-order valence-electron chi connectivity index (χ4n) is 11.0. The number of hydrogen-bond donors (Lipinski definition) is 3. The van der Waals surface area contributed by atoms with Crippen LogP contribution in [0.1, 0.15) is 126 Å². The quantitative estimate of drug-likeness (QED) is 0.102. The maximum absolute atomic E-state index is 14.6. The van der Waals surface area contributed by atoms with Crippen molar-refractivity contribution in [1.82, 2.24) is 4.90 Å². The van der Waals surface area contributed by atoms with E-state index in [1.807, 2.05) is 45.1 Å². The summed E-state index contributed by atoms with van der Waals surface area (Å²) >= 11 is 0. The first-order valence-electron chi connectivity index (χ1n) is 27.5. The first-order chi connectivity index (χ1) is 36.0. The van der Waals surface area contributed by atoms with Crippen LogP contribution in [0.5, 0.6) is 0 Å². The summed E-state index contributed by atoms with van der Waals surface area (Å²) in [5, 5.41) is 33.1. The second-order valence-corrected chi connectivity index (χ2v) is 24.2. The van der Waals surface area contributed by atoms with Crippen LogP contribution >= 0.6 is 0 Å². The second kappa shape index (κ2) is 31.3. The van der Waals surface area contributed by atoms with E-state index in [1.54, 1.807) is 47.0 Å². The molecule has 0 aromatic carbocycles. The Morgan fingerprint density at radius 1 is 0.829 bits per heavy atom. The molecule has 0 spiro atoms. The van der Waals surface area contributed by atoms with E-state index in [-0.39, 0.29) is 105 Å². The number of ether oxygens (including phenoxy) is 7. The molecule has 3 N–H and O–H groups in total. The number of allylic oxidation sites excluding steroid dienone is 6. The van der Waals surface area contributed by atoms with E-state index in [9.17, 15) is 47.7 Å². The largest absolute Gasteiger partial charge is 0.460 e. The Balaban J connectivity index is 1.72. The topological polar surface area (TPSA) is 248 Å². The lowest BCUT2D eigenvalue weighted by molar-refractivity contribution is -0.266. The second-order valence-electron chi connectivity index (χ2n) is 21.9.